The smallest absolute Gasteiger partial charge is 0.194 e. The third kappa shape index (κ3) is 1.89. The van der Waals surface area contributed by atoms with Crippen LogP contribution in [0.5, 0.6) is 0 Å². The Balaban J connectivity index is 3.32. The standard InChI is InChI=1S/C9H12NO2S/c1-7-5-3-4-6-9(7)13(11,12)8(2)10/h3-6,8H,2,10H2,1H3. The lowest BCUT2D eigenvalue weighted by atomic mass is 10.2. The fourth-order valence-electron chi connectivity index (χ4n) is 1.04. The van der Waals surface area contributed by atoms with E-state index in [4.69, 9.17) is 5.73 Å². The van der Waals surface area contributed by atoms with Gasteiger partial charge in [-0.2, -0.15) is 0 Å². The number of aryl methyl sites for hydroxylation is 1. The van der Waals surface area contributed by atoms with Gasteiger partial charge in [-0.1, -0.05) is 18.2 Å². The summed E-state index contributed by atoms with van der Waals surface area (Å²) in [5.41, 5.74) is 5.97. The van der Waals surface area contributed by atoms with Crippen molar-refractivity contribution in [3.63, 3.8) is 0 Å². The van der Waals surface area contributed by atoms with E-state index in [1.165, 1.54) is 6.07 Å². The van der Waals surface area contributed by atoms with Gasteiger partial charge in [0.25, 0.3) is 0 Å². The molecule has 0 aliphatic carbocycles. The van der Waals surface area contributed by atoms with Crippen molar-refractivity contribution < 1.29 is 8.42 Å². The summed E-state index contributed by atoms with van der Waals surface area (Å²) in [6, 6.07) is 6.72. The largest absolute Gasteiger partial charge is 0.315 e. The van der Waals surface area contributed by atoms with Crippen LogP contribution in [-0.4, -0.2) is 13.8 Å². The van der Waals surface area contributed by atoms with Crippen molar-refractivity contribution in [2.75, 3.05) is 0 Å². The molecule has 4 heteroatoms. The van der Waals surface area contributed by atoms with Crippen LogP contribution in [0.15, 0.2) is 29.2 Å². The highest BCUT2D eigenvalue weighted by molar-refractivity contribution is 7.92. The van der Waals surface area contributed by atoms with E-state index in [-0.39, 0.29) is 4.90 Å². The molecule has 0 bridgehead atoms. The van der Waals surface area contributed by atoms with Crippen LogP contribution in [0.25, 0.3) is 0 Å². The van der Waals surface area contributed by atoms with Crippen molar-refractivity contribution in [3.8, 4) is 0 Å². The molecule has 1 unspecified atom stereocenters. The Morgan fingerprint density at radius 2 is 1.92 bits per heavy atom. The first-order chi connectivity index (χ1) is 5.96. The fraction of sp³-hybridized carbons (Fsp3) is 0.222. The van der Waals surface area contributed by atoms with Gasteiger partial charge in [0.05, 0.1) is 4.90 Å². The van der Waals surface area contributed by atoms with E-state index in [1.54, 1.807) is 25.1 Å². The molecular weight excluding hydrogens is 186 g/mol. The summed E-state index contributed by atoms with van der Waals surface area (Å²) in [4.78, 5) is 0.262. The molecule has 0 aliphatic rings. The fourth-order valence-corrected chi connectivity index (χ4v) is 2.15. The van der Waals surface area contributed by atoms with Crippen LogP contribution in [0.1, 0.15) is 5.56 Å². The van der Waals surface area contributed by atoms with E-state index in [0.717, 1.165) is 0 Å². The highest BCUT2D eigenvalue weighted by atomic mass is 32.2. The predicted molar refractivity (Wildman–Crippen MR) is 51.7 cm³/mol. The molecule has 1 aromatic carbocycles. The summed E-state index contributed by atoms with van der Waals surface area (Å²) in [6.45, 7) is 5.05. The lowest BCUT2D eigenvalue weighted by molar-refractivity contribution is 0.588. The van der Waals surface area contributed by atoms with Crippen LogP contribution in [0, 0.1) is 13.8 Å². The molecule has 0 saturated heterocycles. The number of sulfone groups is 1. The number of benzene rings is 1. The van der Waals surface area contributed by atoms with Gasteiger partial charge < -0.3 is 5.73 Å². The molecule has 0 amide bonds. The van der Waals surface area contributed by atoms with Crippen molar-refractivity contribution in [1.29, 1.82) is 0 Å². The third-order valence-corrected chi connectivity index (χ3v) is 3.67. The minimum Gasteiger partial charge on any atom is -0.315 e. The topological polar surface area (TPSA) is 60.2 Å². The average molecular weight is 198 g/mol. The third-order valence-electron chi connectivity index (χ3n) is 1.80. The molecule has 0 aliphatic heterocycles. The molecule has 0 aromatic heterocycles. The van der Waals surface area contributed by atoms with Gasteiger partial charge in [-0.15, -0.1) is 0 Å². The van der Waals surface area contributed by atoms with Crippen LogP contribution in [0.4, 0.5) is 0 Å². The molecule has 1 rings (SSSR count). The second-order valence-corrected chi connectivity index (χ2v) is 4.98. The van der Waals surface area contributed by atoms with Gasteiger partial charge in [-0.05, 0) is 25.5 Å². The van der Waals surface area contributed by atoms with E-state index in [0.29, 0.717) is 5.56 Å². The average Bonchev–Trinajstić information content (AvgIpc) is 2.04. The zero-order chi connectivity index (χ0) is 10.1. The van der Waals surface area contributed by atoms with Gasteiger partial charge in [0, 0.05) is 0 Å². The Hall–Kier alpha value is -0.870. The second-order valence-electron chi connectivity index (χ2n) is 2.85. The maximum absolute atomic E-state index is 11.6. The summed E-state index contributed by atoms with van der Waals surface area (Å²) in [7, 11) is -3.44. The van der Waals surface area contributed by atoms with Crippen LogP contribution in [-0.2, 0) is 9.84 Å². The first-order valence-electron chi connectivity index (χ1n) is 3.84. The first-order valence-corrected chi connectivity index (χ1v) is 5.39. The number of hydrogen-bond acceptors (Lipinski definition) is 3. The lowest BCUT2D eigenvalue weighted by Gasteiger charge is -2.09. The first kappa shape index (κ1) is 10.2. The van der Waals surface area contributed by atoms with Gasteiger partial charge in [0.2, 0.25) is 0 Å². The Kier molecular flexibility index (Phi) is 2.73. The van der Waals surface area contributed by atoms with E-state index < -0.39 is 15.2 Å². The monoisotopic (exact) mass is 198 g/mol. The normalized spacial score (nSPS) is 14.1. The zero-order valence-corrected chi connectivity index (χ0v) is 8.21. The van der Waals surface area contributed by atoms with Crippen molar-refractivity contribution in [2.45, 2.75) is 17.2 Å². The summed E-state index contributed by atoms with van der Waals surface area (Å²) in [5.74, 6) is 0. The van der Waals surface area contributed by atoms with Gasteiger partial charge in [0.1, 0.15) is 5.37 Å². The molecule has 13 heavy (non-hydrogen) atoms. The second kappa shape index (κ2) is 3.47. The summed E-state index contributed by atoms with van der Waals surface area (Å²) in [6.07, 6.45) is 0. The number of rotatable bonds is 2. The Morgan fingerprint density at radius 3 is 2.38 bits per heavy atom. The molecule has 1 atom stereocenters. The predicted octanol–water partition coefficient (Wildman–Crippen LogP) is 0.888. The maximum atomic E-state index is 11.6. The van der Waals surface area contributed by atoms with Gasteiger partial charge in [-0.3, -0.25) is 0 Å². The molecule has 1 radical (unpaired) electrons. The summed E-state index contributed by atoms with van der Waals surface area (Å²) in [5, 5.41) is -1.10. The van der Waals surface area contributed by atoms with Crippen molar-refractivity contribution >= 4 is 9.84 Å². The number of hydrogen-bond donors (Lipinski definition) is 1. The summed E-state index contributed by atoms with van der Waals surface area (Å²) < 4.78 is 23.1. The van der Waals surface area contributed by atoms with Crippen LogP contribution in [0.3, 0.4) is 0 Å². The molecule has 0 spiro atoms. The van der Waals surface area contributed by atoms with Crippen LogP contribution >= 0.6 is 0 Å². The molecule has 0 saturated carbocycles. The quantitative estimate of drug-likeness (QED) is 0.767. The van der Waals surface area contributed by atoms with Crippen molar-refractivity contribution in [1.82, 2.24) is 0 Å². The maximum Gasteiger partial charge on any atom is 0.194 e. The van der Waals surface area contributed by atoms with Gasteiger partial charge in [0.15, 0.2) is 9.84 Å². The van der Waals surface area contributed by atoms with Crippen molar-refractivity contribution in [2.24, 2.45) is 5.73 Å². The molecular formula is C9H12NO2S. The molecule has 3 nitrogen and oxygen atoms in total. The zero-order valence-electron chi connectivity index (χ0n) is 7.40. The van der Waals surface area contributed by atoms with E-state index in [9.17, 15) is 8.42 Å². The minimum absolute atomic E-state index is 0.262. The SMILES string of the molecule is [CH2]C(N)S(=O)(=O)c1ccccc1C. The molecule has 2 N–H and O–H groups in total. The van der Waals surface area contributed by atoms with Crippen molar-refractivity contribution in [3.05, 3.63) is 36.8 Å². The molecule has 0 fully saturated rings. The van der Waals surface area contributed by atoms with E-state index in [2.05, 4.69) is 6.92 Å². The van der Waals surface area contributed by atoms with Crippen LogP contribution < -0.4 is 5.73 Å². The minimum atomic E-state index is -3.44. The highest BCUT2D eigenvalue weighted by Crippen LogP contribution is 2.17. The Labute approximate surface area is 78.5 Å². The molecule has 0 heterocycles. The van der Waals surface area contributed by atoms with E-state index >= 15 is 0 Å². The number of nitrogens with two attached hydrogens (primary N) is 1. The summed E-state index contributed by atoms with van der Waals surface area (Å²) >= 11 is 0. The van der Waals surface area contributed by atoms with Gasteiger partial charge >= 0.3 is 0 Å². The molecule has 1 aromatic rings. The van der Waals surface area contributed by atoms with E-state index in [1.807, 2.05) is 0 Å². The Morgan fingerprint density at radius 1 is 1.38 bits per heavy atom. The highest BCUT2D eigenvalue weighted by Gasteiger charge is 2.20. The van der Waals surface area contributed by atoms with Gasteiger partial charge in [-0.25, -0.2) is 8.42 Å². The Bertz CT molecular complexity index is 396. The molecule has 71 valence electrons. The lowest BCUT2D eigenvalue weighted by Crippen LogP contribution is -2.27. The van der Waals surface area contributed by atoms with Crippen LogP contribution in [0.2, 0.25) is 0 Å².